The largest absolute Gasteiger partial charge is 0.489 e. The lowest BCUT2D eigenvalue weighted by Crippen LogP contribution is -2.32. The van der Waals surface area contributed by atoms with Gasteiger partial charge in [0.25, 0.3) is 5.69 Å². The molecule has 0 saturated heterocycles. The number of non-ortho nitro benzene ring substituents is 1. The molecule has 10 heteroatoms. The summed E-state index contributed by atoms with van der Waals surface area (Å²) in [4.78, 5) is 49.9. The van der Waals surface area contributed by atoms with Crippen LogP contribution in [0.3, 0.4) is 0 Å². The van der Waals surface area contributed by atoms with Crippen molar-refractivity contribution in [3.8, 4) is 5.75 Å². The zero-order chi connectivity index (χ0) is 29.5. The van der Waals surface area contributed by atoms with Crippen LogP contribution >= 0.6 is 0 Å². The number of allylic oxidation sites excluding steroid dienone is 2. The molecule has 0 unspecified atom stereocenters. The monoisotopic (exact) mass is 556 g/mol. The van der Waals surface area contributed by atoms with E-state index in [4.69, 9.17) is 14.2 Å². The Bertz CT molecular complexity index is 1540. The number of nitro groups is 1. The number of carbonyl (C=O) groups excluding carboxylic acids is 3. The number of ether oxygens (including phenoxy) is 3. The number of benzene rings is 3. The van der Waals surface area contributed by atoms with Gasteiger partial charge >= 0.3 is 11.9 Å². The summed E-state index contributed by atoms with van der Waals surface area (Å²) in [5.41, 5.74) is 2.38. The minimum absolute atomic E-state index is 0.0361. The van der Waals surface area contributed by atoms with Gasteiger partial charge in [-0.2, -0.15) is 0 Å². The first-order valence-corrected chi connectivity index (χ1v) is 12.7. The Labute approximate surface area is 236 Å². The van der Waals surface area contributed by atoms with Gasteiger partial charge in [-0.15, -0.1) is 0 Å². The van der Waals surface area contributed by atoms with Gasteiger partial charge in [0.1, 0.15) is 12.4 Å². The average Bonchev–Trinajstić information content (AvgIpc) is 2.98. The number of nitrogens with one attached hydrogen (secondary N) is 1. The summed E-state index contributed by atoms with van der Waals surface area (Å²) in [6.07, 6.45) is 0. The van der Waals surface area contributed by atoms with E-state index in [2.05, 4.69) is 5.32 Å². The predicted molar refractivity (Wildman–Crippen MR) is 149 cm³/mol. The third-order valence-corrected chi connectivity index (χ3v) is 6.56. The van der Waals surface area contributed by atoms with Crippen molar-refractivity contribution in [3.63, 3.8) is 0 Å². The first-order valence-electron chi connectivity index (χ1n) is 12.7. The lowest BCUT2D eigenvalue weighted by molar-refractivity contribution is -0.384. The molecule has 1 heterocycles. The van der Waals surface area contributed by atoms with Gasteiger partial charge in [0.05, 0.1) is 29.1 Å². The van der Waals surface area contributed by atoms with Gasteiger partial charge in [0, 0.05) is 29.1 Å². The Balaban J connectivity index is 1.51. The first kappa shape index (κ1) is 28.8. The third-order valence-electron chi connectivity index (χ3n) is 6.56. The highest BCUT2D eigenvalue weighted by atomic mass is 16.6. The summed E-state index contributed by atoms with van der Waals surface area (Å²) in [6, 6.07) is 21.8. The van der Waals surface area contributed by atoms with E-state index in [1.165, 1.54) is 25.3 Å². The summed E-state index contributed by atoms with van der Waals surface area (Å²) < 4.78 is 16.1. The van der Waals surface area contributed by atoms with Crippen LogP contribution < -0.4 is 10.1 Å². The van der Waals surface area contributed by atoms with E-state index in [1.807, 2.05) is 30.3 Å². The minimum atomic E-state index is -1.02. The molecule has 0 amide bonds. The minimum Gasteiger partial charge on any atom is -0.489 e. The number of esters is 2. The van der Waals surface area contributed by atoms with Crippen LogP contribution in [0.1, 0.15) is 41.3 Å². The maximum Gasteiger partial charge on any atom is 0.337 e. The van der Waals surface area contributed by atoms with Gasteiger partial charge in [-0.05, 0) is 49.2 Å². The van der Waals surface area contributed by atoms with Crippen LogP contribution in [0.15, 0.2) is 101 Å². The summed E-state index contributed by atoms with van der Waals surface area (Å²) in [6.45, 7) is 3.08. The first-order chi connectivity index (χ1) is 19.7. The fourth-order valence-corrected chi connectivity index (χ4v) is 4.57. The van der Waals surface area contributed by atoms with E-state index in [-0.39, 0.29) is 16.8 Å². The quantitative estimate of drug-likeness (QED) is 0.158. The van der Waals surface area contributed by atoms with Gasteiger partial charge in [-0.25, -0.2) is 9.59 Å². The predicted octanol–water partition coefficient (Wildman–Crippen LogP) is 5.01. The maximum absolute atomic E-state index is 13.4. The number of ketones is 1. The number of nitrogens with zero attached hydrogens (tertiary/aromatic N) is 1. The standard InChI is InChI=1S/C31H28N2O8/c1-19-27(30(35)39-3)29(23-10-7-11-24(16-23)33(37)38)28(20(2)32-19)31(36)41-18-26(34)22-12-14-25(15-13-22)40-17-21-8-5-4-6-9-21/h4-16,29,32H,17-18H2,1-3H3/t29-/m0/s1. The lowest BCUT2D eigenvalue weighted by Gasteiger charge is -2.30. The molecule has 4 rings (SSSR count). The number of hydrogen-bond donors (Lipinski definition) is 1. The molecule has 0 saturated carbocycles. The van der Waals surface area contributed by atoms with E-state index in [1.54, 1.807) is 44.2 Å². The van der Waals surface area contributed by atoms with Crippen molar-refractivity contribution in [2.45, 2.75) is 26.4 Å². The molecule has 1 aliphatic heterocycles. The van der Waals surface area contributed by atoms with E-state index in [9.17, 15) is 24.5 Å². The normalized spacial score (nSPS) is 14.7. The zero-order valence-corrected chi connectivity index (χ0v) is 22.7. The van der Waals surface area contributed by atoms with Crippen LogP contribution in [0.25, 0.3) is 0 Å². The van der Waals surface area contributed by atoms with Crippen LogP contribution in [0.4, 0.5) is 5.69 Å². The number of Topliss-reactive ketones (excluding diaryl/α,β-unsaturated/α-hetero) is 1. The molecule has 3 aromatic rings. The molecule has 210 valence electrons. The van der Waals surface area contributed by atoms with Crippen LogP contribution in [0.5, 0.6) is 5.75 Å². The Morgan fingerprint density at radius 1 is 0.878 bits per heavy atom. The fourth-order valence-electron chi connectivity index (χ4n) is 4.57. The van der Waals surface area contributed by atoms with Crippen molar-refractivity contribution >= 4 is 23.4 Å². The second-order valence-electron chi connectivity index (χ2n) is 9.28. The molecular weight excluding hydrogens is 528 g/mol. The summed E-state index contributed by atoms with van der Waals surface area (Å²) >= 11 is 0. The molecule has 0 bridgehead atoms. The molecule has 0 aliphatic carbocycles. The maximum atomic E-state index is 13.4. The van der Waals surface area contributed by atoms with Crippen molar-refractivity contribution in [2.24, 2.45) is 0 Å². The van der Waals surface area contributed by atoms with Crippen LogP contribution in [-0.2, 0) is 25.7 Å². The zero-order valence-electron chi connectivity index (χ0n) is 22.7. The average molecular weight is 557 g/mol. The Morgan fingerprint density at radius 2 is 1.54 bits per heavy atom. The highest BCUT2D eigenvalue weighted by Crippen LogP contribution is 2.40. The van der Waals surface area contributed by atoms with E-state index < -0.39 is 35.2 Å². The van der Waals surface area contributed by atoms with Crippen LogP contribution in [-0.4, -0.2) is 36.4 Å². The number of carbonyl (C=O) groups is 3. The lowest BCUT2D eigenvalue weighted by atomic mass is 9.80. The van der Waals surface area contributed by atoms with Gasteiger partial charge in [-0.3, -0.25) is 14.9 Å². The number of dihydropyridines is 1. The number of nitro benzene ring substituents is 1. The summed E-state index contributed by atoms with van der Waals surface area (Å²) in [5.74, 6) is -2.45. The molecule has 0 fully saturated rings. The molecule has 10 nitrogen and oxygen atoms in total. The molecule has 0 spiro atoms. The fraction of sp³-hybridized carbons (Fsp3) is 0.194. The molecule has 1 N–H and O–H groups in total. The van der Waals surface area contributed by atoms with Gasteiger partial charge in [0.15, 0.2) is 12.4 Å². The highest BCUT2D eigenvalue weighted by molar-refractivity contribution is 6.02. The number of rotatable bonds is 10. The SMILES string of the molecule is COC(=O)C1=C(C)NC(C)=C(C(=O)OCC(=O)c2ccc(OCc3ccccc3)cc2)[C@H]1c1cccc([N+](=O)[O-])c1. The van der Waals surface area contributed by atoms with Gasteiger partial charge in [-0.1, -0.05) is 42.5 Å². The molecular formula is C31H28N2O8. The van der Waals surface area contributed by atoms with Gasteiger partial charge in [0.2, 0.25) is 0 Å². The van der Waals surface area contributed by atoms with Crippen LogP contribution in [0.2, 0.25) is 0 Å². The highest BCUT2D eigenvalue weighted by Gasteiger charge is 2.38. The van der Waals surface area contributed by atoms with E-state index >= 15 is 0 Å². The summed E-state index contributed by atoms with van der Waals surface area (Å²) in [5, 5.41) is 14.4. The Kier molecular flexibility index (Phi) is 8.93. The second kappa shape index (κ2) is 12.7. The molecule has 1 aliphatic rings. The van der Waals surface area contributed by atoms with E-state index in [0.29, 0.717) is 34.9 Å². The number of hydrogen-bond acceptors (Lipinski definition) is 9. The van der Waals surface area contributed by atoms with E-state index in [0.717, 1.165) is 5.56 Å². The topological polar surface area (TPSA) is 134 Å². The Morgan fingerprint density at radius 3 is 2.17 bits per heavy atom. The Hall–Kier alpha value is -5.25. The molecule has 0 radical (unpaired) electrons. The number of methoxy groups -OCH3 is 1. The molecule has 0 aromatic heterocycles. The van der Waals surface area contributed by atoms with Gasteiger partial charge < -0.3 is 19.5 Å². The van der Waals surface area contributed by atoms with Crippen molar-refractivity contribution in [1.29, 1.82) is 0 Å². The van der Waals surface area contributed by atoms with Crippen molar-refractivity contribution in [2.75, 3.05) is 13.7 Å². The smallest absolute Gasteiger partial charge is 0.337 e. The molecule has 41 heavy (non-hydrogen) atoms. The molecule has 3 aromatic carbocycles. The van der Waals surface area contributed by atoms with Crippen molar-refractivity contribution in [1.82, 2.24) is 5.32 Å². The summed E-state index contributed by atoms with van der Waals surface area (Å²) in [7, 11) is 1.20. The van der Waals surface area contributed by atoms with Crippen LogP contribution in [0, 0.1) is 10.1 Å². The second-order valence-corrected chi connectivity index (χ2v) is 9.28. The van der Waals surface area contributed by atoms with Crippen molar-refractivity contribution in [3.05, 3.63) is 128 Å². The third kappa shape index (κ3) is 6.67. The van der Waals surface area contributed by atoms with Crippen molar-refractivity contribution < 1.29 is 33.5 Å². The molecule has 1 atom stereocenters.